The summed E-state index contributed by atoms with van der Waals surface area (Å²) in [6.45, 7) is 1.98. The number of nitrogens with one attached hydrogen (secondary N) is 1. The molecule has 0 radical (unpaired) electrons. The van der Waals surface area contributed by atoms with Crippen molar-refractivity contribution in [1.82, 2.24) is 5.43 Å². The van der Waals surface area contributed by atoms with Gasteiger partial charge in [0, 0.05) is 4.88 Å². The standard InChI is InChI=1S/C10H11ClN2OS/c1-6-2-4-14-9(6)8(13-12)10-7(11)3-5-15-10/h2-5,8,13H,12H2,1H3. The van der Waals surface area contributed by atoms with E-state index in [1.807, 2.05) is 24.4 Å². The third kappa shape index (κ3) is 1.94. The van der Waals surface area contributed by atoms with E-state index in [-0.39, 0.29) is 6.04 Å². The maximum atomic E-state index is 6.06. The fourth-order valence-electron chi connectivity index (χ4n) is 1.46. The summed E-state index contributed by atoms with van der Waals surface area (Å²) in [6.07, 6.45) is 1.65. The van der Waals surface area contributed by atoms with Crippen LogP contribution in [0.1, 0.15) is 22.2 Å². The maximum Gasteiger partial charge on any atom is 0.130 e. The molecule has 80 valence electrons. The number of halogens is 1. The molecule has 2 rings (SSSR count). The van der Waals surface area contributed by atoms with Gasteiger partial charge in [-0.15, -0.1) is 11.3 Å². The Morgan fingerprint density at radius 2 is 2.33 bits per heavy atom. The first-order chi connectivity index (χ1) is 7.24. The van der Waals surface area contributed by atoms with Crippen LogP contribution in [0.2, 0.25) is 5.02 Å². The van der Waals surface area contributed by atoms with Gasteiger partial charge in [0.05, 0.1) is 11.3 Å². The van der Waals surface area contributed by atoms with Crippen molar-refractivity contribution in [3.63, 3.8) is 0 Å². The Hall–Kier alpha value is -0.810. The number of hydrazine groups is 1. The average molecular weight is 243 g/mol. The Morgan fingerprint density at radius 1 is 1.53 bits per heavy atom. The predicted octanol–water partition coefficient (Wildman–Crippen LogP) is 2.86. The molecule has 0 aromatic carbocycles. The zero-order chi connectivity index (χ0) is 10.8. The molecule has 0 spiro atoms. The molecule has 2 heterocycles. The van der Waals surface area contributed by atoms with Crippen molar-refractivity contribution < 1.29 is 4.42 Å². The number of hydrogen-bond acceptors (Lipinski definition) is 4. The first-order valence-corrected chi connectivity index (χ1v) is 5.72. The number of hydrogen-bond donors (Lipinski definition) is 2. The van der Waals surface area contributed by atoms with Crippen LogP contribution in [0.4, 0.5) is 0 Å². The van der Waals surface area contributed by atoms with Crippen LogP contribution in [0.25, 0.3) is 0 Å². The van der Waals surface area contributed by atoms with Crippen LogP contribution in [-0.4, -0.2) is 0 Å². The van der Waals surface area contributed by atoms with Crippen molar-refractivity contribution in [2.75, 3.05) is 0 Å². The van der Waals surface area contributed by atoms with Crippen molar-refractivity contribution >= 4 is 22.9 Å². The number of rotatable bonds is 3. The predicted molar refractivity (Wildman–Crippen MR) is 61.9 cm³/mol. The molecule has 0 bridgehead atoms. The molecule has 1 atom stereocenters. The van der Waals surface area contributed by atoms with E-state index >= 15 is 0 Å². The topological polar surface area (TPSA) is 51.2 Å². The Bertz CT molecular complexity index is 411. The van der Waals surface area contributed by atoms with Gasteiger partial charge in [-0.05, 0) is 30.0 Å². The summed E-state index contributed by atoms with van der Waals surface area (Å²) in [6, 6.07) is 3.58. The summed E-state index contributed by atoms with van der Waals surface area (Å²) in [5.41, 5.74) is 3.78. The molecule has 0 saturated heterocycles. The summed E-state index contributed by atoms with van der Waals surface area (Å²) in [7, 11) is 0. The van der Waals surface area contributed by atoms with Gasteiger partial charge in [-0.2, -0.15) is 0 Å². The van der Waals surface area contributed by atoms with Gasteiger partial charge in [-0.25, -0.2) is 5.43 Å². The van der Waals surface area contributed by atoms with Crippen LogP contribution in [0, 0.1) is 6.92 Å². The number of thiophene rings is 1. The van der Waals surface area contributed by atoms with Gasteiger partial charge in [0.15, 0.2) is 0 Å². The molecular weight excluding hydrogens is 232 g/mol. The fourth-order valence-corrected chi connectivity index (χ4v) is 2.68. The minimum Gasteiger partial charge on any atom is -0.467 e. The highest BCUT2D eigenvalue weighted by molar-refractivity contribution is 7.10. The first-order valence-electron chi connectivity index (χ1n) is 4.47. The second-order valence-electron chi connectivity index (χ2n) is 3.20. The van der Waals surface area contributed by atoms with E-state index in [0.29, 0.717) is 5.02 Å². The lowest BCUT2D eigenvalue weighted by Gasteiger charge is -2.13. The summed E-state index contributed by atoms with van der Waals surface area (Å²) in [4.78, 5) is 0.970. The molecule has 0 fully saturated rings. The molecule has 0 aliphatic rings. The average Bonchev–Trinajstić information content (AvgIpc) is 2.80. The zero-order valence-electron chi connectivity index (χ0n) is 8.16. The number of furan rings is 1. The molecule has 2 aromatic heterocycles. The lowest BCUT2D eigenvalue weighted by Crippen LogP contribution is -2.28. The highest BCUT2D eigenvalue weighted by atomic mass is 35.5. The Kier molecular flexibility index (Phi) is 3.11. The molecule has 2 aromatic rings. The largest absolute Gasteiger partial charge is 0.467 e. The second-order valence-corrected chi connectivity index (χ2v) is 4.56. The van der Waals surface area contributed by atoms with Crippen LogP contribution >= 0.6 is 22.9 Å². The third-order valence-electron chi connectivity index (χ3n) is 2.24. The van der Waals surface area contributed by atoms with Crippen LogP contribution in [0.5, 0.6) is 0 Å². The summed E-state index contributed by atoms with van der Waals surface area (Å²) in [5, 5.41) is 2.64. The Morgan fingerprint density at radius 3 is 2.80 bits per heavy atom. The van der Waals surface area contributed by atoms with E-state index in [1.165, 1.54) is 0 Å². The molecule has 3 nitrogen and oxygen atoms in total. The molecule has 1 unspecified atom stereocenters. The molecule has 15 heavy (non-hydrogen) atoms. The van der Waals surface area contributed by atoms with E-state index in [0.717, 1.165) is 16.2 Å². The molecule has 0 saturated carbocycles. The normalized spacial score (nSPS) is 13.0. The van der Waals surface area contributed by atoms with Gasteiger partial charge < -0.3 is 4.42 Å². The van der Waals surface area contributed by atoms with Crippen LogP contribution < -0.4 is 11.3 Å². The number of aryl methyl sites for hydroxylation is 1. The highest BCUT2D eigenvalue weighted by Gasteiger charge is 2.21. The molecule has 3 N–H and O–H groups in total. The first kappa shape index (κ1) is 10.7. The lowest BCUT2D eigenvalue weighted by molar-refractivity contribution is 0.452. The van der Waals surface area contributed by atoms with Gasteiger partial charge in [0.2, 0.25) is 0 Å². The second kappa shape index (κ2) is 4.37. The molecular formula is C10H11ClN2OS. The summed E-state index contributed by atoms with van der Waals surface area (Å²) < 4.78 is 5.40. The fraction of sp³-hybridized carbons (Fsp3) is 0.200. The monoisotopic (exact) mass is 242 g/mol. The molecule has 5 heteroatoms. The highest BCUT2D eigenvalue weighted by Crippen LogP contribution is 2.33. The third-order valence-corrected chi connectivity index (χ3v) is 3.66. The van der Waals surface area contributed by atoms with Gasteiger partial charge in [-0.3, -0.25) is 5.84 Å². The molecule has 0 amide bonds. The van der Waals surface area contributed by atoms with Gasteiger partial charge in [0.25, 0.3) is 0 Å². The van der Waals surface area contributed by atoms with Crippen molar-refractivity contribution in [2.45, 2.75) is 13.0 Å². The van der Waals surface area contributed by atoms with Gasteiger partial charge in [0.1, 0.15) is 11.8 Å². The van der Waals surface area contributed by atoms with E-state index < -0.39 is 0 Å². The Balaban J connectivity index is 2.41. The van der Waals surface area contributed by atoms with Crippen LogP contribution in [0.15, 0.2) is 28.2 Å². The van der Waals surface area contributed by atoms with E-state index in [9.17, 15) is 0 Å². The zero-order valence-corrected chi connectivity index (χ0v) is 9.73. The van der Waals surface area contributed by atoms with Crippen molar-refractivity contribution in [1.29, 1.82) is 0 Å². The quantitative estimate of drug-likeness (QED) is 0.643. The minimum absolute atomic E-state index is 0.174. The van der Waals surface area contributed by atoms with E-state index in [1.54, 1.807) is 17.6 Å². The minimum atomic E-state index is -0.174. The van der Waals surface area contributed by atoms with Crippen LogP contribution in [-0.2, 0) is 0 Å². The van der Waals surface area contributed by atoms with Crippen molar-refractivity contribution in [2.24, 2.45) is 5.84 Å². The SMILES string of the molecule is Cc1ccoc1C(NN)c1sccc1Cl. The molecule has 0 aliphatic carbocycles. The van der Waals surface area contributed by atoms with Gasteiger partial charge >= 0.3 is 0 Å². The smallest absolute Gasteiger partial charge is 0.130 e. The summed E-state index contributed by atoms with van der Waals surface area (Å²) >= 11 is 7.61. The van der Waals surface area contributed by atoms with Gasteiger partial charge in [-0.1, -0.05) is 11.6 Å². The number of nitrogens with two attached hydrogens (primary N) is 1. The van der Waals surface area contributed by atoms with Crippen molar-refractivity contribution in [3.8, 4) is 0 Å². The maximum absolute atomic E-state index is 6.06. The lowest BCUT2D eigenvalue weighted by atomic mass is 10.1. The summed E-state index contributed by atoms with van der Waals surface area (Å²) in [5.74, 6) is 6.34. The van der Waals surface area contributed by atoms with Crippen molar-refractivity contribution in [3.05, 3.63) is 45.0 Å². The van der Waals surface area contributed by atoms with Crippen LogP contribution in [0.3, 0.4) is 0 Å². The molecule has 0 aliphatic heterocycles. The van der Waals surface area contributed by atoms with E-state index in [2.05, 4.69) is 5.43 Å². The van der Waals surface area contributed by atoms with E-state index in [4.69, 9.17) is 21.9 Å². The Labute approximate surface area is 96.8 Å².